The Kier molecular flexibility index (Phi) is 7.11. The molecule has 0 aliphatic rings. The molecule has 0 bridgehead atoms. The van der Waals surface area contributed by atoms with E-state index >= 15 is 0 Å². The van der Waals surface area contributed by atoms with Crippen LogP contribution in [0.15, 0.2) is 30.3 Å². The van der Waals surface area contributed by atoms with Crippen LogP contribution in [0.1, 0.15) is 53.0 Å². The van der Waals surface area contributed by atoms with Gasteiger partial charge in [-0.15, -0.1) is 0 Å². The summed E-state index contributed by atoms with van der Waals surface area (Å²) in [6, 6.07) is 10.8. The average molecular weight is 206 g/mol. The highest BCUT2D eigenvalue weighted by Gasteiger charge is 2.16. The monoisotopic (exact) mass is 206 g/mol. The van der Waals surface area contributed by atoms with Gasteiger partial charge >= 0.3 is 0 Å². The van der Waals surface area contributed by atoms with Crippen LogP contribution in [0.4, 0.5) is 0 Å². The van der Waals surface area contributed by atoms with Gasteiger partial charge in [-0.25, -0.2) is 0 Å². The highest BCUT2D eigenvalue weighted by Crippen LogP contribution is 2.28. The molecule has 0 heteroatoms. The topological polar surface area (TPSA) is 0 Å². The third-order valence-electron chi connectivity index (χ3n) is 3.17. The molecule has 0 aliphatic carbocycles. The quantitative estimate of drug-likeness (QED) is 0.645. The normalized spacial score (nSPS) is 14.1. The molecule has 2 unspecified atom stereocenters. The van der Waals surface area contributed by atoms with Crippen LogP contribution >= 0.6 is 0 Å². The standard InChI is InChI=1S/C13H20.C2H6/c1-10(2)11(3)12(4)13-8-6-5-7-9-13;1-2/h5-12H,1-4H3;1-2H3. The van der Waals surface area contributed by atoms with E-state index in [9.17, 15) is 0 Å². The van der Waals surface area contributed by atoms with Crippen LogP contribution in [0.2, 0.25) is 0 Å². The molecule has 0 saturated carbocycles. The van der Waals surface area contributed by atoms with E-state index in [2.05, 4.69) is 58.0 Å². The molecule has 0 amide bonds. The molecule has 0 nitrogen and oxygen atoms in total. The van der Waals surface area contributed by atoms with E-state index in [1.165, 1.54) is 5.56 Å². The third-order valence-corrected chi connectivity index (χ3v) is 3.17. The van der Waals surface area contributed by atoms with Gasteiger partial charge in [-0.05, 0) is 23.3 Å². The Morgan fingerprint density at radius 3 is 1.67 bits per heavy atom. The first-order chi connectivity index (χ1) is 7.13. The van der Waals surface area contributed by atoms with E-state index < -0.39 is 0 Å². The van der Waals surface area contributed by atoms with Crippen molar-refractivity contribution in [3.05, 3.63) is 35.9 Å². The fraction of sp³-hybridized carbons (Fsp3) is 0.600. The molecule has 1 aromatic rings. The van der Waals surface area contributed by atoms with Crippen LogP contribution < -0.4 is 0 Å². The lowest BCUT2D eigenvalue weighted by Gasteiger charge is -2.23. The van der Waals surface area contributed by atoms with Gasteiger partial charge in [0.05, 0.1) is 0 Å². The largest absolute Gasteiger partial charge is 0.0683 e. The van der Waals surface area contributed by atoms with Gasteiger partial charge in [-0.2, -0.15) is 0 Å². The predicted octanol–water partition coefficient (Wildman–Crippen LogP) is 5.11. The van der Waals surface area contributed by atoms with Gasteiger partial charge in [-0.1, -0.05) is 71.9 Å². The fourth-order valence-corrected chi connectivity index (χ4v) is 1.64. The van der Waals surface area contributed by atoms with Crippen molar-refractivity contribution in [1.29, 1.82) is 0 Å². The molecular weight excluding hydrogens is 180 g/mol. The molecule has 0 saturated heterocycles. The number of hydrogen-bond acceptors (Lipinski definition) is 0. The summed E-state index contributed by atoms with van der Waals surface area (Å²) >= 11 is 0. The van der Waals surface area contributed by atoms with Crippen LogP contribution in [0.25, 0.3) is 0 Å². The molecule has 1 aromatic carbocycles. The maximum Gasteiger partial charge on any atom is -0.0162 e. The zero-order valence-electron chi connectivity index (χ0n) is 11.1. The zero-order chi connectivity index (χ0) is 11.8. The van der Waals surface area contributed by atoms with Crippen LogP contribution in [0.3, 0.4) is 0 Å². The molecular formula is C15H26. The molecule has 0 aliphatic heterocycles. The van der Waals surface area contributed by atoms with E-state index in [0.29, 0.717) is 5.92 Å². The van der Waals surface area contributed by atoms with Gasteiger partial charge in [0.1, 0.15) is 0 Å². The van der Waals surface area contributed by atoms with E-state index in [1.807, 2.05) is 13.8 Å². The maximum absolute atomic E-state index is 2.34. The van der Waals surface area contributed by atoms with Crippen molar-refractivity contribution >= 4 is 0 Å². The highest BCUT2D eigenvalue weighted by atomic mass is 14.2. The maximum atomic E-state index is 2.34. The molecule has 0 spiro atoms. The Hall–Kier alpha value is -0.780. The van der Waals surface area contributed by atoms with Crippen molar-refractivity contribution in [3.8, 4) is 0 Å². The summed E-state index contributed by atoms with van der Waals surface area (Å²) in [6.45, 7) is 13.2. The van der Waals surface area contributed by atoms with Crippen LogP contribution in [0, 0.1) is 11.8 Å². The summed E-state index contributed by atoms with van der Waals surface area (Å²) < 4.78 is 0. The summed E-state index contributed by atoms with van der Waals surface area (Å²) in [5.74, 6) is 2.18. The van der Waals surface area contributed by atoms with Gasteiger partial charge in [0.15, 0.2) is 0 Å². The minimum Gasteiger partial charge on any atom is -0.0683 e. The lowest BCUT2D eigenvalue weighted by atomic mass is 9.82. The summed E-state index contributed by atoms with van der Waals surface area (Å²) in [6.07, 6.45) is 0. The minimum absolute atomic E-state index is 0.668. The second-order valence-electron chi connectivity index (χ2n) is 4.30. The van der Waals surface area contributed by atoms with E-state index in [1.54, 1.807) is 0 Å². The van der Waals surface area contributed by atoms with Gasteiger partial charge in [0, 0.05) is 0 Å². The summed E-state index contributed by atoms with van der Waals surface area (Å²) in [5.41, 5.74) is 1.46. The molecule has 0 radical (unpaired) electrons. The van der Waals surface area contributed by atoms with Crippen molar-refractivity contribution in [3.63, 3.8) is 0 Å². The van der Waals surface area contributed by atoms with E-state index in [4.69, 9.17) is 0 Å². The van der Waals surface area contributed by atoms with E-state index in [0.717, 1.165) is 11.8 Å². The molecule has 1 rings (SSSR count). The average Bonchev–Trinajstić information content (AvgIpc) is 2.31. The number of benzene rings is 1. The smallest absolute Gasteiger partial charge is 0.0162 e. The first-order valence-electron chi connectivity index (χ1n) is 6.18. The Bertz CT molecular complexity index is 235. The predicted molar refractivity (Wildman–Crippen MR) is 70.2 cm³/mol. The summed E-state index contributed by atoms with van der Waals surface area (Å²) in [4.78, 5) is 0. The van der Waals surface area contributed by atoms with Crippen molar-refractivity contribution in [2.75, 3.05) is 0 Å². The Morgan fingerprint density at radius 2 is 1.27 bits per heavy atom. The van der Waals surface area contributed by atoms with Crippen LogP contribution in [-0.4, -0.2) is 0 Å². The van der Waals surface area contributed by atoms with Gasteiger partial charge in [-0.3, -0.25) is 0 Å². The number of rotatable bonds is 3. The third kappa shape index (κ3) is 4.51. The molecule has 86 valence electrons. The van der Waals surface area contributed by atoms with Crippen LogP contribution in [-0.2, 0) is 0 Å². The second kappa shape index (κ2) is 7.50. The van der Waals surface area contributed by atoms with Crippen molar-refractivity contribution in [1.82, 2.24) is 0 Å². The Labute approximate surface area is 95.7 Å². The van der Waals surface area contributed by atoms with Crippen molar-refractivity contribution < 1.29 is 0 Å². The number of hydrogen-bond donors (Lipinski definition) is 0. The molecule has 0 aromatic heterocycles. The van der Waals surface area contributed by atoms with Crippen LogP contribution in [0.5, 0.6) is 0 Å². The SMILES string of the molecule is CC.CC(C)C(C)C(C)c1ccccc1. The Morgan fingerprint density at radius 1 is 0.800 bits per heavy atom. The molecule has 0 N–H and O–H groups in total. The zero-order valence-corrected chi connectivity index (χ0v) is 11.1. The van der Waals surface area contributed by atoms with Gasteiger partial charge in [0.2, 0.25) is 0 Å². The first kappa shape index (κ1) is 14.2. The second-order valence-corrected chi connectivity index (χ2v) is 4.30. The molecule has 2 atom stereocenters. The lowest BCUT2D eigenvalue weighted by molar-refractivity contribution is 0.362. The summed E-state index contributed by atoms with van der Waals surface area (Å²) in [7, 11) is 0. The van der Waals surface area contributed by atoms with E-state index in [-0.39, 0.29) is 0 Å². The fourth-order valence-electron chi connectivity index (χ4n) is 1.64. The highest BCUT2D eigenvalue weighted by molar-refractivity contribution is 5.19. The Balaban J connectivity index is 0.000000921. The van der Waals surface area contributed by atoms with Gasteiger partial charge < -0.3 is 0 Å². The molecule has 0 fully saturated rings. The molecule has 15 heavy (non-hydrogen) atoms. The first-order valence-corrected chi connectivity index (χ1v) is 6.18. The van der Waals surface area contributed by atoms with Gasteiger partial charge in [0.25, 0.3) is 0 Å². The van der Waals surface area contributed by atoms with Crippen molar-refractivity contribution in [2.24, 2.45) is 11.8 Å². The lowest BCUT2D eigenvalue weighted by Crippen LogP contribution is -2.12. The minimum atomic E-state index is 0.668. The molecule has 0 heterocycles. The summed E-state index contributed by atoms with van der Waals surface area (Å²) in [5, 5.41) is 0. The van der Waals surface area contributed by atoms with Crippen molar-refractivity contribution in [2.45, 2.75) is 47.5 Å².